The number of benzene rings is 1. The molecule has 0 aromatic heterocycles. The molecule has 2 aliphatic heterocycles. The van der Waals surface area contributed by atoms with Crippen molar-refractivity contribution in [2.24, 2.45) is 4.99 Å². The van der Waals surface area contributed by atoms with Crippen LogP contribution in [0.1, 0.15) is 24.8 Å². The maximum atomic E-state index is 12.2. The van der Waals surface area contributed by atoms with Crippen molar-refractivity contribution in [3.8, 4) is 0 Å². The van der Waals surface area contributed by atoms with Gasteiger partial charge < -0.3 is 19.8 Å². The average molecular weight is 504 g/mol. The maximum absolute atomic E-state index is 12.2. The van der Waals surface area contributed by atoms with Gasteiger partial charge in [0.1, 0.15) is 6.04 Å². The van der Waals surface area contributed by atoms with Gasteiger partial charge in [-0.15, -0.1) is 0 Å². The first-order chi connectivity index (χ1) is 17.0. The van der Waals surface area contributed by atoms with Crippen molar-refractivity contribution in [3.63, 3.8) is 0 Å². The van der Waals surface area contributed by atoms with Gasteiger partial charge in [-0.05, 0) is 82.3 Å². The fourth-order valence-electron chi connectivity index (χ4n) is 4.69. The fraction of sp³-hybridized carbons (Fsp3) is 0.640. The van der Waals surface area contributed by atoms with E-state index in [0.717, 1.165) is 89.5 Å². The largest absolute Gasteiger partial charge is 0.480 e. The third kappa shape index (κ3) is 10.9. The van der Waals surface area contributed by atoms with E-state index in [4.69, 9.17) is 9.59 Å². The number of rotatable bonds is 6. The normalized spacial score (nSPS) is 23.0. The van der Waals surface area contributed by atoms with Crippen molar-refractivity contribution in [2.45, 2.75) is 31.7 Å². The number of carboxylic acids is 1. The first-order valence-electron chi connectivity index (χ1n) is 12.2. The first-order valence-corrected chi connectivity index (χ1v) is 12.6. The Morgan fingerprint density at radius 1 is 0.943 bits per heavy atom. The standard InChI is InChI=1S/C24H37N5O2S.CO2/c1-26-10-2-11-28-17-16-27(15-14-26)12-3-13-29(19-18-28)23(24(30)31)9-6-21-4-7-22(8-5-21)25-20-32;2-1-3/h4-5,7-8,23H,2-3,6,9-19H2,1H3,(H,30,31);. The van der Waals surface area contributed by atoms with E-state index in [1.807, 2.05) is 24.3 Å². The zero-order chi connectivity index (χ0) is 25.5. The van der Waals surface area contributed by atoms with Crippen LogP contribution in [0.2, 0.25) is 0 Å². The fourth-order valence-corrected chi connectivity index (χ4v) is 4.79. The van der Waals surface area contributed by atoms with Crippen LogP contribution in [0.25, 0.3) is 0 Å². The molecule has 0 saturated carbocycles. The molecule has 2 aliphatic rings. The van der Waals surface area contributed by atoms with Crippen LogP contribution >= 0.6 is 12.2 Å². The maximum Gasteiger partial charge on any atom is 0.373 e. The van der Waals surface area contributed by atoms with Crippen LogP contribution < -0.4 is 0 Å². The SMILES string of the molecule is CN1CCCN2CCN(CCCN(C(CCc3ccc(N=C=S)cc3)C(=O)O)CC2)CC1.O=C=O. The van der Waals surface area contributed by atoms with Gasteiger partial charge in [-0.25, -0.2) is 0 Å². The minimum absolute atomic E-state index is 0.250. The minimum atomic E-state index is -0.713. The molecule has 2 fully saturated rings. The third-order valence-corrected chi connectivity index (χ3v) is 6.80. The molecule has 9 nitrogen and oxygen atoms in total. The van der Waals surface area contributed by atoms with Gasteiger partial charge in [0.25, 0.3) is 0 Å². The molecule has 1 N–H and O–H groups in total. The highest BCUT2D eigenvalue weighted by Crippen LogP contribution is 2.17. The number of nitrogens with zero attached hydrogens (tertiary/aromatic N) is 5. The summed E-state index contributed by atoms with van der Waals surface area (Å²) in [6.45, 7) is 10.2. The highest BCUT2D eigenvalue weighted by atomic mass is 32.1. The highest BCUT2D eigenvalue weighted by Gasteiger charge is 2.26. The van der Waals surface area contributed by atoms with E-state index in [2.05, 4.69) is 49.0 Å². The van der Waals surface area contributed by atoms with Gasteiger partial charge in [-0.3, -0.25) is 9.69 Å². The number of hydrogen-bond acceptors (Lipinski definition) is 9. The van der Waals surface area contributed by atoms with Gasteiger partial charge in [-0.1, -0.05) is 12.1 Å². The Morgan fingerprint density at radius 3 is 2.11 bits per heavy atom. The predicted molar refractivity (Wildman–Crippen MR) is 137 cm³/mol. The first kappa shape index (κ1) is 28.9. The molecule has 2 heterocycles. The van der Waals surface area contributed by atoms with Crippen molar-refractivity contribution < 1.29 is 19.5 Å². The van der Waals surface area contributed by atoms with E-state index >= 15 is 0 Å². The Morgan fingerprint density at radius 2 is 1.51 bits per heavy atom. The molecule has 0 spiro atoms. The summed E-state index contributed by atoms with van der Waals surface area (Å²) in [4.78, 5) is 42.2. The highest BCUT2D eigenvalue weighted by molar-refractivity contribution is 7.78. The van der Waals surface area contributed by atoms with E-state index in [1.165, 1.54) is 6.42 Å². The topological polar surface area (TPSA) is 96.8 Å². The van der Waals surface area contributed by atoms with E-state index < -0.39 is 12.0 Å². The summed E-state index contributed by atoms with van der Waals surface area (Å²) >= 11 is 4.65. The van der Waals surface area contributed by atoms with Crippen LogP contribution in [0.4, 0.5) is 5.69 Å². The summed E-state index contributed by atoms with van der Waals surface area (Å²) in [5.41, 5.74) is 1.90. The lowest BCUT2D eigenvalue weighted by Gasteiger charge is -2.36. The lowest BCUT2D eigenvalue weighted by molar-refractivity contribution is -0.191. The number of hydrogen-bond donors (Lipinski definition) is 1. The zero-order valence-corrected chi connectivity index (χ0v) is 21.4. The second-order valence-electron chi connectivity index (χ2n) is 9.08. The number of likely N-dealkylation sites (N-methyl/N-ethyl adjacent to an activating group) is 1. The summed E-state index contributed by atoms with van der Waals surface area (Å²) < 4.78 is 0. The summed E-state index contributed by atoms with van der Waals surface area (Å²) in [5.74, 6) is -0.713. The molecule has 3 atom stereocenters. The zero-order valence-electron chi connectivity index (χ0n) is 20.6. The van der Waals surface area contributed by atoms with Crippen molar-refractivity contribution in [1.82, 2.24) is 19.6 Å². The Bertz CT molecular complexity index is 856. The van der Waals surface area contributed by atoms with E-state index in [9.17, 15) is 9.90 Å². The monoisotopic (exact) mass is 503 g/mol. The molecule has 2 bridgehead atoms. The lowest BCUT2D eigenvalue weighted by atomic mass is 10.0. The number of carbonyl (C=O) groups is 1. The van der Waals surface area contributed by atoms with E-state index in [-0.39, 0.29) is 6.15 Å². The lowest BCUT2D eigenvalue weighted by Crippen LogP contribution is -2.50. The van der Waals surface area contributed by atoms with Crippen LogP contribution in [-0.4, -0.2) is 121 Å². The molecule has 1 aromatic rings. The van der Waals surface area contributed by atoms with Gasteiger partial charge in [0, 0.05) is 45.8 Å². The predicted octanol–water partition coefficient (Wildman–Crippen LogP) is 1.87. The van der Waals surface area contributed by atoms with Gasteiger partial charge in [0.15, 0.2) is 0 Å². The van der Waals surface area contributed by atoms with Gasteiger partial charge >= 0.3 is 12.1 Å². The van der Waals surface area contributed by atoms with Gasteiger partial charge in [-0.2, -0.15) is 14.6 Å². The molecule has 0 radical (unpaired) electrons. The smallest absolute Gasteiger partial charge is 0.373 e. The van der Waals surface area contributed by atoms with Crippen molar-refractivity contribution in [3.05, 3.63) is 29.8 Å². The quantitative estimate of drug-likeness (QED) is 0.461. The van der Waals surface area contributed by atoms with Gasteiger partial charge in [0.05, 0.1) is 10.8 Å². The van der Waals surface area contributed by atoms with Crippen molar-refractivity contribution in [1.29, 1.82) is 0 Å². The molecule has 192 valence electrons. The molecule has 0 amide bonds. The molecule has 0 aliphatic carbocycles. The molecule has 2 saturated heterocycles. The molecule has 3 unspecified atom stereocenters. The van der Waals surface area contributed by atoms with Crippen molar-refractivity contribution >= 4 is 35.2 Å². The molecule has 10 heteroatoms. The minimum Gasteiger partial charge on any atom is -0.480 e. The summed E-state index contributed by atoms with van der Waals surface area (Å²) in [5, 5.41) is 12.4. The second-order valence-corrected chi connectivity index (χ2v) is 9.26. The summed E-state index contributed by atoms with van der Waals surface area (Å²) in [6.07, 6.45) is 3.77. The molecule has 3 rings (SSSR count). The van der Waals surface area contributed by atoms with Crippen LogP contribution in [0, 0.1) is 0 Å². The Balaban J connectivity index is 0.00000137. The number of aliphatic carboxylic acids is 1. The average Bonchev–Trinajstić information content (AvgIpc) is 2.84. The third-order valence-electron chi connectivity index (χ3n) is 6.71. The molecule has 1 aromatic carbocycles. The van der Waals surface area contributed by atoms with Crippen molar-refractivity contribution in [2.75, 3.05) is 72.5 Å². The number of fused-ring (bicyclic) bond motifs is 3. The van der Waals surface area contributed by atoms with Crippen LogP contribution in [0.3, 0.4) is 0 Å². The second kappa shape index (κ2) is 16.4. The molecular weight excluding hydrogens is 466 g/mol. The number of aryl methyl sites for hydroxylation is 1. The van der Waals surface area contributed by atoms with E-state index in [1.54, 1.807) is 0 Å². The Hall–Kier alpha value is -2.29. The number of carboxylic acid groups (broad SMARTS) is 1. The molecule has 35 heavy (non-hydrogen) atoms. The number of aliphatic imine (C=N–C) groups is 1. The van der Waals surface area contributed by atoms with Crippen LogP contribution in [-0.2, 0) is 20.8 Å². The van der Waals surface area contributed by atoms with Crippen LogP contribution in [0.5, 0.6) is 0 Å². The number of isothiocyanates is 1. The van der Waals surface area contributed by atoms with Crippen LogP contribution in [0.15, 0.2) is 29.3 Å². The Kier molecular flexibility index (Phi) is 13.6. The van der Waals surface area contributed by atoms with E-state index in [0.29, 0.717) is 6.42 Å². The number of carbonyl (C=O) groups excluding carboxylic acids is 2. The number of thiocarbonyl (C=S) groups is 1. The Labute approximate surface area is 213 Å². The summed E-state index contributed by atoms with van der Waals surface area (Å²) in [6, 6.07) is 7.36. The van der Waals surface area contributed by atoms with Gasteiger partial charge in [0.2, 0.25) is 0 Å². The molecular formula is C25H37N5O4S. The summed E-state index contributed by atoms with van der Waals surface area (Å²) in [7, 11) is 2.22.